The van der Waals surface area contributed by atoms with Crippen molar-refractivity contribution in [2.75, 3.05) is 6.61 Å². The van der Waals surface area contributed by atoms with Crippen LogP contribution in [0.4, 0.5) is 0 Å². The molecule has 1 aliphatic rings. The van der Waals surface area contributed by atoms with Gasteiger partial charge in [0.25, 0.3) is 0 Å². The summed E-state index contributed by atoms with van der Waals surface area (Å²) in [5.74, 6) is 6.43. The molecule has 1 aliphatic heterocycles. The molecule has 1 aromatic rings. The molecule has 1 aromatic carbocycles. The second-order valence-corrected chi connectivity index (χ2v) is 3.71. The maximum atomic E-state index is 5.54. The molecule has 0 fully saturated rings. The van der Waals surface area contributed by atoms with Gasteiger partial charge in [-0.1, -0.05) is 12.1 Å². The molecule has 14 heavy (non-hydrogen) atoms. The number of nitrogens with two attached hydrogens (primary N) is 1. The standard InChI is InChI=1S/C11H16N2O/c1-8(13-12)9-4-5-11-10(7-9)3-2-6-14-11/h4-5,7-8,13H,2-3,6,12H2,1H3. The summed E-state index contributed by atoms with van der Waals surface area (Å²) in [7, 11) is 0. The highest BCUT2D eigenvalue weighted by atomic mass is 16.5. The lowest BCUT2D eigenvalue weighted by atomic mass is 10.0. The Labute approximate surface area is 84.2 Å². The molecular weight excluding hydrogens is 176 g/mol. The van der Waals surface area contributed by atoms with Gasteiger partial charge < -0.3 is 4.74 Å². The van der Waals surface area contributed by atoms with Gasteiger partial charge in [0.15, 0.2) is 0 Å². The largest absolute Gasteiger partial charge is 0.493 e. The van der Waals surface area contributed by atoms with Crippen molar-refractivity contribution in [2.24, 2.45) is 5.84 Å². The van der Waals surface area contributed by atoms with Crippen molar-refractivity contribution >= 4 is 0 Å². The molecule has 3 heteroatoms. The Hall–Kier alpha value is -1.06. The molecule has 3 N–H and O–H groups in total. The van der Waals surface area contributed by atoms with Crippen LogP contribution in [0.3, 0.4) is 0 Å². The zero-order valence-corrected chi connectivity index (χ0v) is 8.42. The van der Waals surface area contributed by atoms with Gasteiger partial charge >= 0.3 is 0 Å². The summed E-state index contributed by atoms with van der Waals surface area (Å²) in [6.07, 6.45) is 2.22. The minimum absolute atomic E-state index is 0.197. The maximum Gasteiger partial charge on any atom is 0.122 e. The van der Waals surface area contributed by atoms with E-state index in [0.717, 1.165) is 25.2 Å². The Morgan fingerprint density at radius 1 is 1.50 bits per heavy atom. The first-order chi connectivity index (χ1) is 6.81. The van der Waals surface area contributed by atoms with Gasteiger partial charge in [-0.2, -0.15) is 0 Å². The molecule has 0 amide bonds. The molecule has 1 heterocycles. The van der Waals surface area contributed by atoms with Crippen LogP contribution in [-0.4, -0.2) is 6.61 Å². The zero-order chi connectivity index (χ0) is 9.97. The van der Waals surface area contributed by atoms with Crippen LogP contribution in [0.25, 0.3) is 0 Å². The fourth-order valence-electron chi connectivity index (χ4n) is 1.75. The van der Waals surface area contributed by atoms with Gasteiger partial charge in [0.2, 0.25) is 0 Å². The van der Waals surface area contributed by atoms with Crippen LogP contribution in [0, 0.1) is 0 Å². The van der Waals surface area contributed by atoms with Gasteiger partial charge in [0, 0.05) is 6.04 Å². The van der Waals surface area contributed by atoms with Crippen LogP contribution in [0.1, 0.15) is 30.5 Å². The van der Waals surface area contributed by atoms with E-state index in [1.807, 2.05) is 13.0 Å². The molecule has 0 radical (unpaired) electrons. The summed E-state index contributed by atoms with van der Waals surface area (Å²) >= 11 is 0. The van der Waals surface area contributed by atoms with Crippen LogP contribution in [-0.2, 0) is 6.42 Å². The Balaban J connectivity index is 2.29. The minimum atomic E-state index is 0.197. The highest BCUT2D eigenvalue weighted by molar-refractivity contribution is 5.39. The average molecular weight is 192 g/mol. The van der Waals surface area contributed by atoms with E-state index in [0.29, 0.717) is 0 Å². The summed E-state index contributed by atoms with van der Waals surface area (Å²) in [4.78, 5) is 0. The third-order valence-electron chi connectivity index (χ3n) is 2.68. The van der Waals surface area contributed by atoms with E-state index in [9.17, 15) is 0 Å². The van der Waals surface area contributed by atoms with Gasteiger partial charge in [0.05, 0.1) is 6.61 Å². The van der Waals surface area contributed by atoms with E-state index in [2.05, 4.69) is 17.6 Å². The van der Waals surface area contributed by atoms with Gasteiger partial charge in [-0.25, -0.2) is 0 Å². The Morgan fingerprint density at radius 3 is 3.14 bits per heavy atom. The first-order valence-electron chi connectivity index (χ1n) is 5.03. The topological polar surface area (TPSA) is 47.3 Å². The minimum Gasteiger partial charge on any atom is -0.493 e. The lowest BCUT2D eigenvalue weighted by Crippen LogP contribution is -2.25. The predicted octanol–water partition coefficient (Wildman–Crippen LogP) is 1.54. The van der Waals surface area contributed by atoms with Crippen LogP contribution in [0.15, 0.2) is 18.2 Å². The Morgan fingerprint density at radius 2 is 2.36 bits per heavy atom. The number of rotatable bonds is 2. The predicted molar refractivity (Wildman–Crippen MR) is 56.0 cm³/mol. The molecule has 0 spiro atoms. The second-order valence-electron chi connectivity index (χ2n) is 3.71. The van der Waals surface area contributed by atoms with Crippen LogP contribution < -0.4 is 16.0 Å². The van der Waals surface area contributed by atoms with E-state index >= 15 is 0 Å². The summed E-state index contributed by atoms with van der Waals surface area (Å²) in [5, 5.41) is 0. The number of benzene rings is 1. The molecule has 1 atom stereocenters. The molecule has 0 aliphatic carbocycles. The highest BCUT2D eigenvalue weighted by Gasteiger charge is 2.12. The SMILES string of the molecule is CC(NN)c1ccc2c(c1)CCCO2. The van der Waals surface area contributed by atoms with Crippen molar-refractivity contribution in [3.05, 3.63) is 29.3 Å². The van der Waals surface area contributed by atoms with Crippen molar-refractivity contribution in [3.8, 4) is 5.75 Å². The number of hydrazine groups is 1. The van der Waals surface area contributed by atoms with E-state index in [1.165, 1.54) is 11.1 Å². The molecule has 0 saturated heterocycles. The van der Waals surface area contributed by atoms with E-state index in [-0.39, 0.29) is 6.04 Å². The van der Waals surface area contributed by atoms with Gasteiger partial charge in [-0.15, -0.1) is 0 Å². The van der Waals surface area contributed by atoms with Crippen molar-refractivity contribution < 1.29 is 4.74 Å². The van der Waals surface area contributed by atoms with Crippen molar-refractivity contribution in [2.45, 2.75) is 25.8 Å². The average Bonchev–Trinajstić information content (AvgIpc) is 2.27. The summed E-state index contributed by atoms with van der Waals surface area (Å²) in [5.41, 5.74) is 5.27. The highest BCUT2D eigenvalue weighted by Crippen LogP contribution is 2.27. The number of ether oxygens (including phenoxy) is 1. The molecular formula is C11H16N2O. The van der Waals surface area contributed by atoms with Gasteiger partial charge in [-0.05, 0) is 37.0 Å². The molecule has 3 nitrogen and oxygen atoms in total. The van der Waals surface area contributed by atoms with E-state index in [4.69, 9.17) is 10.6 Å². The normalized spacial score (nSPS) is 17.0. The van der Waals surface area contributed by atoms with Gasteiger partial charge in [0.1, 0.15) is 5.75 Å². The Bertz CT molecular complexity index is 325. The second kappa shape index (κ2) is 3.98. The summed E-state index contributed by atoms with van der Waals surface area (Å²) in [6.45, 7) is 2.89. The molecule has 1 unspecified atom stereocenters. The fourth-order valence-corrected chi connectivity index (χ4v) is 1.75. The lowest BCUT2D eigenvalue weighted by molar-refractivity contribution is 0.288. The lowest BCUT2D eigenvalue weighted by Gasteiger charge is -2.19. The summed E-state index contributed by atoms with van der Waals surface area (Å²) in [6, 6.07) is 6.48. The number of hydrogen-bond acceptors (Lipinski definition) is 3. The summed E-state index contributed by atoms with van der Waals surface area (Å²) < 4.78 is 5.54. The van der Waals surface area contributed by atoms with Crippen molar-refractivity contribution in [1.29, 1.82) is 0 Å². The number of aryl methyl sites for hydroxylation is 1. The number of fused-ring (bicyclic) bond motifs is 1. The first-order valence-corrected chi connectivity index (χ1v) is 5.03. The van der Waals surface area contributed by atoms with Gasteiger partial charge in [-0.3, -0.25) is 11.3 Å². The quantitative estimate of drug-likeness (QED) is 0.552. The molecule has 0 bridgehead atoms. The Kier molecular flexibility index (Phi) is 2.70. The molecule has 0 aromatic heterocycles. The van der Waals surface area contributed by atoms with Crippen LogP contribution in [0.2, 0.25) is 0 Å². The number of hydrogen-bond donors (Lipinski definition) is 2. The maximum absolute atomic E-state index is 5.54. The molecule has 0 saturated carbocycles. The van der Waals surface area contributed by atoms with E-state index < -0.39 is 0 Å². The third-order valence-corrected chi connectivity index (χ3v) is 2.68. The number of nitrogens with one attached hydrogen (secondary N) is 1. The third kappa shape index (κ3) is 1.74. The monoisotopic (exact) mass is 192 g/mol. The fraction of sp³-hybridized carbons (Fsp3) is 0.455. The van der Waals surface area contributed by atoms with Crippen molar-refractivity contribution in [1.82, 2.24) is 5.43 Å². The molecule has 76 valence electrons. The first kappa shape index (κ1) is 9.49. The van der Waals surface area contributed by atoms with Crippen LogP contribution >= 0.6 is 0 Å². The van der Waals surface area contributed by atoms with Crippen LogP contribution in [0.5, 0.6) is 5.75 Å². The molecule has 2 rings (SSSR count). The zero-order valence-electron chi connectivity index (χ0n) is 8.42. The van der Waals surface area contributed by atoms with Crippen molar-refractivity contribution in [3.63, 3.8) is 0 Å². The smallest absolute Gasteiger partial charge is 0.122 e. The van der Waals surface area contributed by atoms with E-state index in [1.54, 1.807) is 0 Å².